The molecule has 0 fully saturated rings. The Balaban J connectivity index is 3.67. The number of unbranched alkanes of at least 4 members (excludes halogenated alkanes) is 14. The van der Waals surface area contributed by atoms with Crippen molar-refractivity contribution >= 4 is 5.91 Å². The van der Waals surface area contributed by atoms with Crippen LogP contribution in [-0.2, 0) is 4.79 Å². The highest BCUT2D eigenvalue weighted by Gasteiger charge is 2.19. The summed E-state index contributed by atoms with van der Waals surface area (Å²) in [5.41, 5.74) is 0. The molecule has 0 saturated carbocycles. The molecule has 0 rings (SSSR count). The summed E-state index contributed by atoms with van der Waals surface area (Å²) in [7, 11) is 0. The summed E-state index contributed by atoms with van der Waals surface area (Å²) >= 11 is 0. The molecule has 0 aromatic carbocycles. The standard InChI is InChI=1S/C24H49NO3/c1-3-5-7-9-11-12-14-16-18-20-24(28)25-22(21-26)23(27)19-17-15-13-10-8-6-4-2/h22-23,26-27H,3-21H2,1-2H3,(H,25,28). The molecule has 0 saturated heterocycles. The smallest absolute Gasteiger partial charge is 0.220 e. The SMILES string of the molecule is CCCCCCCCCCCC(=O)NC(CO)C(O)CCCCCCCCC. The maximum Gasteiger partial charge on any atom is 0.220 e. The van der Waals surface area contributed by atoms with E-state index < -0.39 is 12.1 Å². The minimum absolute atomic E-state index is 0.0411. The summed E-state index contributed by atoms with van der Waals surface area (Å²) in [5.74, 6) is -0.0411. The van der Waals surface area contributed by atoms with Gasteiger partial charge in [-0.1, -0.05) is 110 Å². The number of hydrogen-bond donors (Lipinski definition) is 3. The normalized spacial score (nSPS) is 13.4. The molecule has 2 atom stereocenters. The zero-order chi connectivity index (χ0) is 20.9. The molecule has 0 radical (unpaired) electrons. The van der Waals surface area contributed by atoms with Gasteiger partial charge in [-0.05, 0) is 12.8 Å². The van der Waals surface area contributed by atoms with Crippen molar-refractivity contribution in [1.29, 1.82) is 0 Å². The van der Waals surface area contributed by atoms with Gasteiger partial charge in [-0.2, -0.15) is 0 Å². The lowest BCUT2D eigenvalue weighted by Gasteiger charge is -2.22. The first-order valence-corrected chi connectivity index (χ1v) is 12.2. The van der Waals surface area contributed by atoms with Crippen LogP contribution >= 0.6 is 0 Å². The van der Waals surface area contributed by atoms with Crippen molar-refractivity contribution in [3.63, 3.8) is 0 Å². The summed E-state index contributed by atoms with van der Waals surface area (Å²) in [6, 6.07) is -0.522. The fourth-order valence-electron chi connectivity index (χ4n) is 3.65. The number of carbonyl (C=O) groups excluding carboxylic acids is 1. The van der Waals surface area contributed by atoms with Crippen molar-refractivity contribution in [3.05, 3.63) is 0 Å². The van der Waals surface area contributed by atoms with E-state index in [1.54, 1.807) is 0 Å². The second-order valence-electron chi connectivity index (χ2n) is 8.41. The van der Waals surface area contributed by atoms with Crippen LogP contribution in [0.1, 0.15) is 129 Å². The van der Waals surface area contributed by atoms with Crippen LogP contribution in [-0.4, -0.2) is 34.9 Å². The number of aliphatic hydroxyl groups excluding tert-OH is 2. The molecule has 0 heterocycles. The molecule has 3 N–H and O–H groups in total. The molecule has 4 heteroatoms. The maximum atomic E-state index is 12.1. The molecule has 168 valence electrons. The van der Waals surface area contributed by atoms with E-state index in [9.17, 15) is 15.0 Å². The molecule has 28 heavy (non-hydrogen) atoms. The Hall–Kier alpha value is -0.610. The van der Waals surface area contributed by atoms with Crippen LogP contribution < -0.4 is 5.32 Å². The minimum atomic E-state index is -0.646. The van der Waals surface area contributed by atoms with Gasteiger partial charge in [-0.15, -0.1) is 0 Å². The number of carbonyl (C=O) groups is 1. The second-order valence-corrected chi connectivity index (χ2v) is 8.41. The maximum absolute atomic E-state index is 12.1. The fraction of sp³-hybridized carbons (Fsp3) is 0.958. The van der Waals surface area contributed by atoms with Crippen molar-refractivity contribution in [3.8, 4) is 0 Å². The number of aliphatic hydroxyl groups is 2. The molecule has 0 spiro atoms. The Morgan fingerprint density at radius 1 is 0.714 bits per heavy atom. The Labute approximate surface area is 174 Å². The number of rotatable bonds is 21. The quantitative estimate of drug-likeness (QED) is 0.211. The largest absolute Gasteiger partial charge is 0.394 e. The molecule has 0 aromatic heterocycles. The van der Waals surface area contributed by atoms with Gasteiger partial charge >= 0.3 is 0 Å². The van der Waals surface area contributed by atoms with Crippen molar-refractivity contribution in [1.82, 2.24) is 5.32 Å². The molecular formula is C24H49NO3. The van der Waals surface area contributed by atoms with Crippen LogP contribution in [0.2, 0.25) is 0 Å². The molecule has 0 aliphatic rings. The Morgan fingerprint density at radius 3 is 1.61 bits per heavy atom. The first kappa shape index (κ1) is 27.4. The third-order valence-electron chi connectivity index (χ3n) is 5.62. The average molecular weight is 400 g/mol. The Bertz CT molecular complexity index is 336. The van der Waals surface area contributed by atoms with Gasteiger partial charge in [0.05, 0.1) is 18.8 Å². The zero-order valence-corrected chi connectivity index (χ0v) is 18.9. The summed E-state index contributed by atoms with van der Waals surface area (Å²) in [4.78, 5) is 12.1. The van der Waals surface area contributed by atoms with Gasteiger partial charge < -0.3 is 15.5 Å². The highest BCUT2D eigenvalue weighted by Crippen LogP contribution is 2.12. The van der Waals surface area contributed by atoms with Gasteiger partial charge in [-0.3, -0.25) is 4.79 Å². The number of nitrogens with one attached hydrogen (secondary N) is 1. The predicted molar refractivity (Wildman–Crippen MR) is 119 cm³/mol. The van der Waals surface area contributed by atoms with E-state index in [0.29, 0.717) is 12.8 Å². The van der Waals surface area contributed by atoms with Crippen molar-refractivity contribution in [2.45, 2.75) is 142 Å². The lowest BCUT2D eigenvalue weighted by Crippen LogP contribution is -2.45. The van der Waals surface area contributed by atoms with Crippen molar-refractivity contribution in [2.24, 2.45) is 0 Å². The van der Waals surface area contributed by atoms with Gasteiger partial charge in [0.15, 0.2) is 0 Å². The molecule has 0 aromatic rings. The number of hydrogen-bond acceptors (Lipinski definition) is 3. The van der Waals surface area contributed by atoms with Crippen molar-refractivity contribution < 1.29 is 15.0 Å². The van der Waals surface area contributed by atoms with E-state index in [4.69, 9.17) is 0 Å². The first-order valence-electron chi connectivity index (χ1n) is 12.2. The molecule has 0 aliphatic heterocycles. The summed E-state index contributed by atoms with van der Waals surface area (Å²) in [5, 5.41) is 22.6. The first-order chi connectivity index (χ1) is 13.7. The van der Waals surface area contributed by atoms with E-state index in [-0.39, 0.29) is 12.5 Å². The highest BCUT2D eigenvalue weighted by molar-refractivity contribution is 5.76. The van der Waals surface area contributed by atoms with Gasteiger partial charge in [0.2, 0.25) is 5.91 Å². The lowest BCUT2D eigenvalue weighted by atomic mass is 10.0. The van der Waals surface area contributed by atoms with Crippen LogP contribution in [0.15, 0.2) is 0 Å². The summed E-state index contributed by atoms with van der Waals surface area (Å²) < 4.78 is 0. The van der Waals surface area contributed by atoms with Gasteiger partial charge in [-0.25, -0.2) is 0 Å². The second kappa shape index (κ2) is 21.1. The topological polar surface area (TPSA) is 69.6 Å². The molecular weight excluding hydrogens is 350 g/mol. The van der Waals surface area contributed by atoms with Gasteiger partial charge in [0.1, 0.15) is 0 Å². The summed E-state index contributed by atoms with van der Waals surface area (Å²) in [6.45, 7) is 4.26. The zero-order valence-electron chi connectivity index (χ0n) is 18.9. The Morgan fingerprint density at radius 2 is 1.14 bits per heavy atom. The van der Waals surface area contributed by atoms with Crippen LogP contribution in [0.25, 0.3) is 0 Å². The van der Waals surface area contributed by atoms with Crippen LogP contribution in [0, 0.1) is 0 Å². The number of amides is 1. The molecule has 1 amide bonds. The Kier molecular flexibility index (Phi) is 20.6. The van der Waals surface area contributed by atoms with E-state index in [2.05, 4.69) is 19.2 Å². The molecule has 4 nitrogen and oxygen atoms in total. The van der Waals surface area contributed by atoms with Crippen LogP contribution in [0.4, 0.5) is 0 Å². The molecule has 0 bridgehead atoms. The third kappa shape index (κ3) is 17.5. The highest BCUT2D eigenvalue weighted by atomic mass is 16.3. The minimum Gasteiger partial charge on any atom is -0.394 e. The monoisotopic (exact) mass is 399 g/mol. The molecule has 2 unspecified atom stereocenters. The predicted octanol–water partition coefficient (Wildman–Crippen LogP) is 5.89. The van der Waals surface area contributed by atoms with Crippen LogP contribution in [0.5, 0.6) is 0 Å². The van der Waals surface area contributed by atoms with E-state index in [0.717, 1.165) is 25.7 Å². The van der Waals surface area contributed by atoms with Crippen molar-refractivity contribution in [2.75, 3.05) is 6.61 Å². The fourth-order valence-corrected chi connectivity index (χ4v) is 3.65. The lowest BCUT2D eigenvalue weighted by molar-refractivity contribution is -0.123. The van der Waals surface area contributed by atoms with Gasteiger partial charge in [0.25, 0.3) is 0 Å². The third-order valence-corrected chi connectivity index (χ3v) is 5.62. The van der Waals surface area contributed by atoms with E-state index >= 15 is 0 Å². The summed E-state index contributed by atoms with van der Waals surface area (Å²) in [6.07, 6.45) is 20.0. The van der Waals surface area contributed by atoms with E-state index in [1.807, 2.05) is 0 Å². The van der Waals surface area contributed by atoms with E-state index in [1.165, 1.54) is 77.0 Å². The van der Waals surface area contributed by atoms with Gasteiger partial charge in [0, 0.05) is 6.42 Å². The van der Waals surface area contributed by atoms with Crippen LogP contribution in [0.3, 0.4) is 0 Å². The average Bonchev–Trinajstić information content (AvgIpc) is 2.69. The molecule has 0 aliphatic carbocycles.